The number of carbonyl (C=O) groups is 2. The maximum Gasteiger partial charge on any atom is 0.230 e. The smallest absolute Gasteiger partial charge is 0.230 e. The maximum absolute atomic E-state index is 12.8. The molecular weight excluding hydrogens is 617 g/mol. The van der Waals surface area contributed by atoms with E-state index in [1.807, 2.05) is 24.3 Å². The molecule has 0 spiro atoms. The fourth-order valence-electron chi connectivity index (χ4n) is 6.14. The van der Waals surface area contributed by atoms with E-state index in [-0.39, 0.29) is 36.5 Å². The highest BCUT2D eigenvalue weighted by Crippen LogP contribution is 2.43. The van der Waals surface area contributed by atoms with Crippen LogP contribution in [0.5, 0.6) is 0 Å². The van der Waals surface area contributed by atoms with Gasteiger partial charge in [0.25, 0.3) is 0 Å². The molecule has 46 heavy (non-hydrogen) atoms. The Morgan fingerprint density at radius 2 is 1.13 bits per heavy atom. The van der Waals surface area contributed by atoms with E-state index < -0.39 is 0 Å². The second-order valence-corrected chi connectivity index (χ2v) is 13.6. The molecular formula is C34H44N8O2S2. The second-order valence-electron chi connectivity index (χ2n) is 11.6. The Bertz CT molecular complexity index is 1480. The zero-order chi connectivity index (χ0) is 32.5. The molecule has 4 aromatic rings. The number of benzene rings is 2. The highest BCUT2D eigenvalue weighted by atomic mass is 32.1. The number of amides is 2. The summed E-state index contributed by atoms with van der Waals surface area (Å²) in [6.45, 7) is 12.2. The fraction of sp³-hybridized carbons (Fsp3) is 0.471. The molecule has 0 radical (unpaired) electrons. The summed E-state index contributed by atoms with van der Waals surface area (Å²) in [4.78, 5) is 30.2. The van der Waals surface area contributed by atoms with E-state index in [2.05, 4.69) is 92.8 Å². The van der Waals surface area contributed by atoms with Gasteiger partial charge in [0.2, 0.25) is 22.1 Å². The molecule has 2 atom stereocenters. The van der Waals surface area contributed by atoms with Crippen LogP contribution in [0.1, 0.15) is 86.4 Å². The van der Waals surface area contributed by atoms with Crippen LogP contribution >= 0.6 is 22.7 Å². The minimum absolute atomic E-state index is 0.0963. The lowest BCUT2D eigenvalue weighted by atomic mass is 9.82. The Kier molecular flexibility index (Phi) is 11.7. The summed E-state index contributed by atoms with van der Waals surface area (Å²) < 4.78 is 0. The van der Waals surface area contributed by atoms with E-state index >= 15 is 0 Å². The molecule has 1 fully saturated rings. The first-order valence-corrected chi connectivity index (χ1v) is 18.0. The molecule has 1 aliphatic carbocycles. The van der Waals surface area contributed by atoms with Crippen molar-refractivity contribution in [2.45, 2.75) is 78.1 Å². The Balaban J connectivity index is 1.14. The highest BCUT2D eigenvalue weighted by Gasteiger charge is 2.29. The van der Waals surface area contributed by atoms with Gasteiger partial charge in [0, 0.05) is 49.4 Å². The van der Waals surface area contributed by atoms with E-state index in [0.717, 1.165) is 84.4 Å². The predicted octanol–water partition coefficient (Wildman–Crippen LogP) is 6.89. The molecule has 2 amide bonds. The van der Waals surface area contributed by atoms with Crippen LogP contribution in [0, 0.1) is 0 Å². The van der Waals surface area contributed by atoms with Gasteiger partial charge in [-0.15, -0.1) is 20.4 Å². The minimum Gasteiger partial charge on any atom is -0.372 e. The van der Waals surface area contributed by atoms with Crippen molar-refractivity contribution in [1.29, 1.82) is 0 Å². The van der Waals surface area contributed by atoms with Crippen molar-refractivity contribution in [3.8, 4) is 0 Å². The van der Waals surface area contributed by atoms with Crippen LogP contribution in [0.3, 0.4) is 0 Å². The molecule has 10 nitrogen and oxygen atoms in total. The first-order valence-electron chi connectivity index (χ1n) is 16.3. The van der Waals surface area contributed by atoms with Gasteiger partial charge in [-0.3, -0.25) is 9.59 Å². The largest absolute Gasteiger partial charge is 0.372 e. The van der Waals surface area contributed by atoms with E-state index in [0.29, 0.717) is 10.3 Å². The Hall–Kier alpha value is -3.90. The van der Waals surface area contributed by atoms with Crippen LogP contribution in [-0.4, -0.2) is 58.4 Å². The molecule has 0 aliphatic heterocycles. The molecule has 2 aromatic carbocycles. The van der Waals surface area contributed by atoms with E-state index in [4.69, 9.17) is 0 Å². The lowest BCUT2D eigenvalue weighted by molar-refractivity contribution is -0.116. The van der Waals surface area contributed by atoms with Gasteiger partial charge >= 0.3 is 0 Å². The van der Waals surface area contributed by atoms with Gasteiger partial charge in [-0.2, -0.15) is 0 Å². The topological polar surface area (TPSA) is 116 Å². The Morgan fingerprint density at radius 1 is 0.696 bits per heavy atom. The third kappa shape index (κ3) is 8.67. The van der Waals surface area contributed by atoms with Crippen LogP contribution in [-0.2, 0) is 22.4 Å². The summed E-state index contributed by atoms with van der Waals surface area (Å²) in [5.41, 5.74) is 4.20. The van der Waals surface area contributed by atoms with Gasteiger partial charge in [-0.05, 0) is 82.3 Å². The van der Waals surface area contributed by atoms with Crippen molar-refractivity contribution in [1.82, 2.24) is 20.4 Å². The highest BCUT2D eigenvalue weighted by molar-refractivity contribution is 7.15. The number of rotatable bonds is 14. The Morgan fingerprint density at radius 3 is 1.54 bits per heavy atom. The third-order valence-corrected chi connectivity index (χ3v) is 10.6. The maximum atomic E-state index is 12.8. The van der Waals surface area contributed by atoms with Crippen LogP contribution in [0.4, 0.5) is 21.6 Å². The van der Waals surface area contributed by atoms with Crippen molar-refractivity contribution < 1.29 is 9.59 Å². The molecule has 0 bridgehead atoms. The molecule has 2 unspecified atom stereocenters. The number of carbonyl (C=O) groups excluding carboxylic acids is 2. The lowest BCUT2D eigenvalue weighted by Gasteiger charge is -2.25. The third-order valence-electron chi connectivity index (χ3n) is 8.55. The van der Waals surface area contributed by atoms with Crippen molar-refractivity contribution in [3.63, 3.8) is 0 Å². The van der Waals surface area contributed by atoms with Gasteiger partial charge in [-0.1, -0.05) is 53.4 Å². The number of hydrogen-bond acceptors (Lipinski definition) is 10. The normalized spacial score (nSPS) is 16.2. The van der Waals surface area contributed by atoms with E-state index in [9.17, 15) is 9.59 Å². The molecule has 2 N–H and O–H groups in total. The lowest BCUT2D eigenvalue weighted by Crippen LogP contribution is -2.22. The molecule has 12 heteroatoms. The fourth-order valence-corrected chi connectivity index (χ4v) is 7.95. The number of nitrogens with one attached hydrogen (secondary N) is 2. The van der Waals surface area contributed by atoms with Crippen molar-refractivity contribution in [2.75, 3.05) is 46.6 Å². The van der Waals surface area contributed by atoms with Crippen LogP contribution < -0.4 is 20.4 Å². The summed E-state index contributed by atoms with van der Waals surface area (Å²) in [5.74, 6) is 0.294. The molecule has 244 valence electrons. The van der Waals surface area contributed by atoms with Crippen molar-refractivity contribution >= 4 is 56.1 Å². The van der Waals surface area contributed by atoms with E-state index in [1.54, 1.807) is 0 Å². The molecule has 1 saturated carbocycles. The van der Waals surface area contributed by atoms with Crippen molar-refractivity contribution in [3.05, 3.63) is 69.7 Å². The van der Waals surface area contributed by atoms with Gasteiger partial charge in [-0.25, -0.2) is 0 Å². The number of nitrogens with zero attached hydrogens (tertiary/aromatic N) is 6. The second kappa shape index (κ2) is 16.1. The minimum atomic E-state index is -0.0963. The zero-order valence-corrected chi connectivity index (χ0v) is 28.8. The summed E-state index contributed by atoms with van der Waals surface area (Å²) in [5, 5.41) is 26.3. The standard InChI is InChI=1S/C34H44N8O2S2/c1-5-41(6-2)27-16-9-12-23(18-27)20-29(43)35-33-39-37-31(45-33)25-14-11-15-26(22-25)32-38-40-34(46-32)36-30(44)21-24-13-10-17-28(19-24)42(7-3)8-4/h9-10,12-13,16-19,25-26H,5-8,11,14-15,20-22H2,1-4H3,(H,35,39,43)(H,36,40,44). The summed E-state index contributed by atoms with van der Waals surface area (Å²) >= 11 is 2.91. The Labute approximate surface area is 279 Å². The average Bonchev–Trinajstić information content (AvgIpc) is 3.73. The predicted molar refractivity (Wildman–Crippen MR) is 188 cm³/mol. The van der Waals surface area contributed by atoms with Gasteiger partial charge in [0.05, 0.1) is 12.8 Å². The van der Waals surface area contributed by atoms with Crippen LogP contribution in [0.25, 0.3) is 0 Å². The molecule has 0 saturated heterocycles. The zero-order valence-electron chi connectivity index (χ0n) is 27.2. The first kappa shape index (κ1) is 33.5. The molecule has 1 aliphatic rings. The summed E-state index contributed by atoms with van der Waals surface area (Å²) in [6.07, 6.45) is 4.55. The monoisotopic (exact) mass is 660 g/mol. The van der Waals surface area contributed by atoms with Gasteiger partial charge in [0.1, 0.15) is 10.0 Å². The first-order chi connectivity index (χ1) is 22.4. The summed E-state index contributed by atoms with van der Waals surface area (Å²) in [7, 11) is 0. The number of anilines is 4. The molecule has 2 heterocycles. The SMILES string of the molecule is CCN(CC)c1cccc(CC(=O)Nc2nnc(C3CCCC(c4nnc(NC(=O)Cc5cccc(N(CC)CC)c5)s4)C3)s2)c1. The number of aromatic nitrogens is 4. The summed E-state index contributed by atoms with van der Waals surface area (Å²) in [6, 6.07) is 16.3. The van der Waals surface area contributed by atoms with Gasteiger partial charge in [0.15, 0.2) is 0 Å². The number of hydrogen-bond donors (Lipinski definition) is 2. The van der Waals surface area contributed by atoms with Gasteiger partial charge < -0.3 is 20.4 Å². The van der Waals surface area contributed by atoms with Crippen LogP contribution in [0.15, 0.2) is 48.5 Å². The van der Waals surface area contributed by atoms with Crippen LogP contribution in [0.2, 0.25) is 0 Å². The van der Waals surface area contributed by atoms with E-state index in [1.165, 1.54) is 22.7 Å². The molecule has 5 rings (SSSR count). The average molecular weight is 661 g/mol. The van der Waals surface area contributed by atoms with Crippen molar-refractivity contribution in [2.24, 2.45) is 0 Å². The quantitative estimate of drug-likeness (QED) is 0.150. The molecule has 2 aromatic heterocycles.